The molecule has 0 aliphatic rings. The normalized spacial score (nSPS) is 13.7. The molecular formula is C11H13F8N3. The van der Waals surface area contributed by atoms with E-state index in [9.17, 15) is 35.1 Å². The number of nitrogens with zero attached hydrogens (tertiary/aromatic N) is 2. The van der Waals surface area contributed by atoms with Crippen LogP contribution in [0.25, 0.3) is 0 Å². The Bertz CT molecular complexity index is 515. The van der Waals surface area contributed by atoms with Gasteiger partial charge in [-0.3, -0.25) is 4.68 Å². The Morgan fingerprint density at radius 1 is 1.05 bits per heavy atom. The SMILES string of the molecule is CCCCn1nc(C(F)(F)C(F)(F)F)c(C(F)(F)F)c1CN. The molecule has 1 aromatic rings. The largest absolute Gasteiger partial charge is 0.459 e. The van der Waals surface area contributed by atoms with Crippen LogP contribution >= 0.6 is 0 Å². The van der Waals surface area contributed by atoms with Crippen molar-refractivity contribution in [3.8, 4) is 0 Å². The van der Waals surface area contributed by atoms with E-state index in [0.717, 1.165) is 0 Å². The minimum Gasteiger partial charge on any atom is -0.325 e. The van der Waals surface area contributed by atoms with Gasteiger partial charge in [-0.05, 0) is 6.42 Å². The van der Waals surface area contributed by atoms with Crippen molar-refractivity contribution in [1.29, 1.82) is 0 Å². The maximum Gasteiger partial charge on any atom is 0.459 e. The molecule has 0 radical (unpaired) electrons. The predicted molar refractivity (Wildman–Crippen MR) is 60.0 cm³/mol. The maximum absolute atomic E-state index is 13.4. The summed E-state index contributed by atoms with van der Waals surface area (Å²) in [6.45, 7) is 0.570. The van der Waals surface area contributed by atoms with E-state index in [1.807, 2.05) is 0 Å². The third-order valence-corrected chi connectivity index (χ3v) is 2.91. The molecule has 0 saturated heterocycles. The Hall–Kier alpha value is -1.39. The van der Waals surface area contributed by atoms with E-state index >= 15 is 0 Å². The summed E-state index contributed by atoms with van der Waals surface area (Å²) in [5, 5.41) is 2.87. The zero-order chi connectivity index (χ0) is 17.3. The van der Waals surface area contributed by atoms with Gasteiger partial charge in [-0.15, -0.1) is 0 Å². The molecule has 0 bridgehead atoms. The molecule has 2 N–H and O–H groups in total. The third-order valence-electron chi connectivity index (χ3n) is 2.91. The Morgan fingerprint density at radius 2 is 1.59 bits per heavy atom. The zero-order valence-electron chi connectivity index (χ0n) is 11.3. The van der Waals surface area contributed by atoms with Crippen molar-refractivity contribution in [2.24, 2.45) is 5.73 Å². The van der Waals surface area contributed by atoms with E-state index in [1.165, 1.54) is 0 Å². The van der Waals surface area contributed by atoms with Crippen LogP contribution in [-0.4, -0.2) is 16.0 Å². The molecule has 1 heterocycles. The summed E-state index contributed by atoms with van der Waals surface area (Å²) in [7, 11) is 0. The van der Waals surface area contributed by atoms with E-state index < -0.39 is 41.8 Å². The lowest BCUT2D eigenvalue weighted by Crippen LogP contribution is -2.36. The second-order valence-electron chi connectivity index (χ2n) is 4.52. The number of hydrogen-bond acceptors (Lipinski definition) is 2. The highest BCUT2D eigenvalue weighted by atomic mass is 19.4. The van der Waals surface area contributed by atoms with Gasteiger partial charge in [0.25, 0.3) is 0 Å². The maximum atomic E-state index is 13.4. The average Bonchev–Trinajstić information content (AvgIpc) is 2.73. The fourth-order valence-electron chi connectivity index (χ4n) is 1.85. The molecule has 0 aliphatic carbocycles. The van der Waals surface area contributed by atoms with Crippen molar-refractivity contribution in [3.63, 3.8) is 0 Å². The third kappa shape index (κ3) is 3.33. The summed E-state index contributed by atoms with van der Waals surface area (Å²) in [6, 6.07) is 0. The Morgan fingerprint density at radius 3 is 1.95 bits per heavy atom. The number of alkyl halides is 8. The van der Waals surface area contributed by atoms with Crippen LogP contribution in [0, 0.1) is 0 Å². The van der Waals surface area contributed by atoms with Crippen molar-refractivity contribution in [1.82, 2.24) is 9.78 Å². The van der Waals surface area contributed by atoms with Gasteiger partial charge in [0.2, 0.25) is 0 Å². The summed E-state index contributed by atoms with van der Waals surface area (Å²) in [6.07, 6.45) is -10.9. The molecule has 22 heavy (non-hydrogen) atoms. The summed E-state index contributed by atoms with van der Waals surface area (Å²) >= 11 is 0. The number of hydrogen-bond donors (Lipinski definition) is 1. The first kappa shape index (κ1) is 18.7. The van der Waals surface area contributed by atoms with Gasteiger partial charge < -0.3 is 5.73 Å². The van der Waals surface area contributed by atoms with Gasteiger partial charge in [-0.25, -0.2) is 0 Å². The molecule has 0 spiro atoms. The van der Waals surface area contributed by atoms with Crippen LogP contribution < -0.4 is 5.73 Å². The van der Waals surface area contributed by atoms with Gasteiger partial charge in [0.05, 0.1) is 5.69 Å². The first-order valence-electron chi connectivity index (χ1n) is 6.19. The van der Waals surface area contributed by atoms with Crippen LogP contribution in [0.5, 0.6) is 0 Å². The molecule has 0 amide bonds. The monoisotopic (exact) mass is 339 g/mol. The van der Waals surface area contributed by atoms with Crippen LogP contribution in [0.15, 0.2) is 0 Å². The van der Waals surface area contributed by atoms with Crippen LogP contribution in [0.3, 0.4) is 0 Å². The zero-order valence-corrected chi connectivity index (χ0v) is 11.3. The molecule has 0 fully saturated rings. The number of aromatic nitrogens is 2. The second kappa shape index (κ2) is 6.01. The van der Waals surface area contributed by atoms with Gasteiger partial charge in [-0.2, -0.15) is 40.2 Å². The molecule has 128 valence electrons. The fraction of sp³-hybridized carbons (Fsp3) is 0.727. The summed E-state index contributed by atoms with van der Waals surface area (Å²) in [5.74, 6) is -5.72. The van der Waals surface area contributed by atoms with Crippen LogP contribution in [-0.2, 0) is 25.2 Å². The molecule has 1 rings (SSSR count). The minimum absolute atomic E-state index is 0.236. The molecule has 1 aromatic heterocycles. The molecule has 3 nitrogen and oxygen atoms in total. The summed E-state index contributed by atoms with van der Waals surface area (Å²) in [4.78, 5) is 0. The first-order chi connectivity index (χ1) is 9.87. The fourth-order valence-corrected chi connectivity index (χ4v) is 1.85. The second-order valence-corrected chi connectivity index (χ2v) is 4.52. The Labute approximate surface area is 120 Å². The Kier molecular flexibility index (Phi) is 5.10. The Balaban J connectivity index is 3.59. The van der Waals surface area contributed by atoms with E-state index in [2.05, 4.69) is 5.10 Å². The van der Waals surface area contributed by atoms with Crippen molar-refractivity contribution >= 4 is 0 Å². The molecule has 0 atom stereocenters. The van der Waals surface area contributed by atoms with Crippen molar-refractivity contribution < 1.29 is 35.1 Å². The molecular weight excluding hydrogens is 326 g/mol. The number of rotatable bonds is 5. The highest BCUT2D eigenvalue weighted by molar-refractivity contribution is 5.33. The molecule has 0 aromatic carbocycles. The molecule has 11 heteroatoms. The van der Waals surface area contributed by atoms with Crippen molar-refractivity contribution in [2.75, 3.05) is 0 Å². The highest BCUT2D eigenvalue weighted by Crippen LogP contribution is 2.48. The number of unbranched alkanes of at least 4 members (excludes halogenated alkanes) is 1. The average molecular weight is 339 g/mol. The molecule has 0 unspecified atom stereocenters. The first-order valence-corrected chi connectivity index (χ1v) is 6.19. The number of nitrogens with two attached hydrogens (primary N) is 1. The van der Waals surface area contributed by atoms with E-state index in [0.29, 0.717) is 11.1 Å². The van der Waals surface area contributed by atoms with E-state index in [4.69, 9.17) is 5.73 Å². The van der Waals surface area contributed by atoms with E-state index in [-0.39, 0.29) is 13.0 Å². The lowest BCUT2D eigenvalue weighted by atomic mass is 10.1. The smallest absolute Gasteiger partial charge is 0.325 e. The minimum atomic E-state index is -6.19. The lowest BCUT2D eigenvalue weighted by Gasteiger charge is -2.19. The summed E-state index contributed by atoms with van der Waals surface area (Å²) < 4.78 is 103. The van der Waals surface area contributed by atoms with Gasteiger partial charge in [0.15, 0.2) is 5.69 Å². The lowest BCUT2D eigenvalue weighted by molar-refractivity contribution is -0.292. The number of halogens is 8. The van der Waals surface area contributed by atoms with Crippen molar-refractivity contribution in [3.05, 3.63) is 17.0 Å². The topological polar surface area (TPSA) is 43.8 Å². The molecule has 0 aliphatic heterocycles. The van der Waals surface area contributed by atoms with Gasteiger partial charge in [-0.1, -0.05) is 13.3 Å². The predicted octanol–water partition coefficient (Wildman–Crippen LogP) is 3.81. The van der Waals surface area contributed by atoms with Gasteiger partial charge >= 0.3 is 18.3 Å². The van der Waals surface area contributed by atoms with Crippen LogP contribution in [0.1, 0.15) is 36.7 Å². The van der Waals surface area contributed by atoms with Gasteiger partial charge in [0.1, 0.15) is 5.56 Å². The van der Waals surface area contributed by atoms with Crippen LogP contribution in [0.4, 0.5) is 35.1 Å². The standard InChI is InChI=1S/C11H13F8N3/c1-2-3-4-22-6(5-20)7(10(14,15)16)8(21-22)9(12,13)11(17,18)19/h2-5,20H2,1H3. The summed E-state index contributed by atoms with van der Waals surface area (Å²) in [5.41, 5.74) is -0.265. The van der Waals surface area contributed by atoms with Crippen LogP contribution in [0.2, 0.25) is 0 Å². The highest BCUT2D eigenvalue weighted by Gasteiger charge is 2.63. The molecule has 0 saturated carbocycles. The quantitative estimate of drug-likeness (QED) is 0.829. The van der Waals surface area contributed by atoms with E-state index in [1.54, 1.807) is 6.92 Å². The number of aryl methyl sites for hydroxylation is 1. The van der Waals surface area contributed by atoms with Gasteiger partial charge in [0, 0.05) is 13.1 Å². The van der Waals surface area contributed by atoms with Crippen molar-refractivity contribution in [2.45, 2.75) is 51.1 Å².